The van der Waals surface area contributed by atoms with Crippen molar-refractivity contribution in [2.45, 2.75) is 37.6 Å². The van der Waals surface area contributed by atoms with Gasteiger partial charge in [0, 0.05) is 23.1 Å². The molecule has 3 N–H and O–H groups in total. The molecule has 5 heteroatoms. The number of ether oxygens (including phenoxy) is 1. The number of hydrogen-bond acceptors (Lipinski definition) is 5. The van der Waals surface area contributed by atoms with E-state index in [1.54, 1.807) is 24.3 Å². The van der Waals surface area contributed by atoms with Gasteiger partial charge in [0.1, 0.15) is 11.5 Å². The predicted octanol–water partition coefficient (Wildman–Crippen LogP) is 2.07. The number of phenols is 1. The van der Waals surface area contributed by atoms with E-state index in [1.807, 2.05) is 19.9 Å². The Labute approximate surface area is 139 Å². The van der Waals surface area contributed by atoms with Crippen LogP contribution >= 0.6 is 0 Å². The fraction of sp³-hybridized carbons (Fsp3) is 0.316. The van der Waals surface area contributed by atoms with Crippen LogP contribution in [0.25, 0.3) is 0 Å². The molecule has 0 saturated heterocycles. The van der Waals surface area contributed by atoms with Crippen LogP contribution in [-0.4, -0.2) is 21.1 Å². The third-order valence-electron chi connectivity index (χ3n) is 5.07. The highest BCUT2D eigenvalue weighted by Crippen LogP contribution is 2.56. The molecule has 0 bridgehead atoms. The largest absolute Gasteiger partial charge is 0.508 e. The second kappa shape index (κ2) is 4.59. The molecule has 2 aliphatic rings. The number of carbonyl (C=O) groups is 1. The maximum absolute atomic E-state index is 12.7. The molecule has 124 valence electrons. The number of carbonyl (C=O) groups excluding carboxylic acids is 1. The van der Waals surface area contributed by atoms with E-state index in [9.17, 15) is 20.1 Å². The summed E-state index contributed by atoms with van der Waals surface area (Å²) in [6, 6.07) is 9.74. The topological polar surface area (TPSA) is 87.0 Å². The smallest absolute Gasteiger partial charge is 0.276 e. The van der Waals surface area contributed by atoms with Gasteiger partial charge < -0.3 is 20.1 Å². The van der Waals surface area contributed by atoms with E-state index >= 15 is 0 Å². The molecule has 5 nitrogen and oxygen atoms in total. The van der Waals surface area contributed by atoms with Crippen molar-refractivity contribution in [3.8, 4) is 11.5 Å². The zero-order chi connectivity index (χ0) is 17.3. The number of benzene rings is 2. The van der Waals surface area contributed by atoms with E-state index in [-0.39, 0.29) is 40.5 Å². The summed E-state index contributed by atoms with van der Waals surface area (Å²) in [5, 5.41) is 32.3. The first-order valence-electron chi connectivity index (χ1n) is 7.92. The SMILES string of the molecule is CC(C)c1ccc2c(c1)O[C@@]1(O)c3cccc(O)c3CC(=O)[C@@]21O. The van der Waals surface area contributed by atoms with Gasteiger partial charge in [-0.15, -0.1) is 0 Å². The Bertz CT molecular complexity index is 872. The highest BCUT2D eigenvalue weighted by atomic mass is 16.7. The Hall–Kier alpha value is -2.37. The zero-order valence-electron chi connectivity index (χ0n) is 13.4. The molecule has 4 rings (SSSR count). The number of phenolic OH excluding ortho intramolecular Hbond substituents is 1. The summed E-state index contributed by atoms with van der Waals surface area (Å²) in [6.07, 6.45) is -0.171. The first kappa shape index (κ1) is 15.2. The summed E-state index contributed by atoms with van der Waals surface area (Å²) >= 11 is 0. The standard InChI is InChI=1S/C19H18O5/c1-10(2)11-6-7-14-16(8-11)24-19(23)13-4-3-5-15(20)12(13)9-17(21)18(14,19)22/h3-8,10,20,22-23H,9H2,1-2H3/t18-,19-/m0/s1. The summed E-state index contributed by atoms with van der Waals surface area (Å²) in [5.74, 6) is -2.42. The van der Waals surface area contributed by atoms with Gasteiger partial charge in [0.05, 0.1) is 0 Å². The van der Waals surface area contributed by atoms with Crippen LogP contribution in [0.15, 0.2) is 36.4 Å². The highest BCUT2D eigenvalue weighted by molar-refractivity contribution is 5.96. The summed E-state index contributed by atoms with van der Waals surface area (Å²) in [4.78, 5) is 12.7. The Morgan fingerprint density at radius 1 is 1.12 bits per heavy atom. The lowest BCUT2D eigenvalue weighted by atomic mass is 9.71. The summed E-state index contributed by atoms with van der Waals surface area (Å²) in [5.41, 5.74) is -0.450. The van der Waals surface area contributed by atoms with Gasteiger partial charge in [-0.25, -0.2) is 0 Å². The fourth-order valence-electron chi connectivity index (χ4n) is 3.65. The number of rotatable bonds is 1. The van der Waals surface area contributed by atoms with Crippen molar-refractivity contribution in [2.24, 2.45) is 0 Å². The van der Waals surface area contributed by atoms with Gasteiger partial charge in [-0.2, -0.15) is 0 Å². The van der Waals surface area contributed by atoms with Crippen molar-refractivity contribution in [3.05, 3.63) is 58.7 Å². The van der Waals surface area contributed by atoms with E-state index in [2.05, 4.69) is 0 Å². The molecule has 2 aromatic carbocycles. The summed E-state index contributed by atoms with van der Waals surface area (Å²) in [6.45, 7) is 4.04. The van der Waals surface area contributed by atoms with Gasteiger partial charge in [0.2, 0.25) is 5.60 Å². The Kier molecular flexibility index (Phi) is 2.90. The van der Waals surface area contributed by atoms with E-state index in [4.69, 9.17) is 4.74 Å². The van der Waals surface area contributed by atoms with E-state index in [0.717, 1.165) is 5.56 Å². The molecule has 24 heavy (non-hydrogen) atoms. The number of hydrogen-bond donors (Lipinski definition) is 3. The lowest BCUT2D eigenvalue weighted by molar-refractivity contribution is -0.249. The van der Waals surface area contributed by atoms with Crippen LogP contribution in [0.1, 0.15) is 42.0 Å². The Morgan fingerprint density at radius 3 is 2.58 bits per heavy atom. The monoisotopic (exact) mass is 326 g/mol. The molecule has 1 aliphatic heterocycles. The van der Waals surface area contributed by atoms with Gasteiger partial charge in [-0.1, -0.05) is 38.1 Å². The van der Waals surface area contributed by atoms with Crippen molar-refractivity contribution in [1.29, 1.82) is 0 Å². The Morgan fingerprint density at radius 2 is 1.88 bits per heavy atom. The normalized spacial score (nSPS) is 27.5. The van der Waals surface area contributed by atoms with E-state index in [0.29, 0.717) is 0 Å². The minimum Gasteiger partial charge on any atom is -0.508 e. The average Bonchev–Trinajstić information content (AvgIpc) is 2.78. The second-order valence-electron chi connectivity index (χ2n) is 6.77. The third-order valence-corrected chi connectivity index (χ3v) is 5.07. The highest BCUT2D eigenvalue weighted by Gasteiger charge is 2.67. The number of fused-ring (bicyclic) bond motifs is 5. The number of Topliss-reactive ketones (excluding diaryl/α,β-unsaturated/α-hetero) is 1. The van der Waals surface area contributed by atoms with Crippen LogP contribution in [0.5, 0.6) is 11.5 Å². The van der Waals surface area contributed by atoms with Crippen LogP contribution in [0, 0.1) is 0 Å². The van der Waals surface area contributed by atoms with Crippen molar-refractivity contribution >= 4 is 5.78 Å². The van der Waals surface area contributed by atoms with Crippen molar-refractivity contribution < 1.29 is 24.9 Å². The molecule has 0 amide bonds. The first-order valence-corrected chi connectivity index (χ1v) is 7.92. The molecule has 0 radical (unpaired) electrons. The molecule has 0 fully saturated rings. The molecule has 0 aromatic heterocycles. The molecule has 2 atom stereocenters. The molecule has 1 heterocycles. The number of aliphatic hydroxyl groups is 2. The third kappa shape index (κ3) is 1.63. The molecule has 0 spiro atoms. The Balaban J connectivity index is 1.98. The van der Waals surface area contributed by atoms with Gasteiger partial charge >= 0.3 is 0 Å². The molecular weight excluding hydrogens is 308 g/mol. The average molecular weight is 326 g/mol. The first-order chi connectivity index (χ1) is 11.3. The second-order valence-corrected chi connectivity index (χ2v) is 6.77. The lowest BCUT2D eigenvalue weighted by Crippen LogP contribution is -2.57. The minimum atomic E-state index is -2.24. The van der Waals surface area contributed by atoms with Crippen molar-refractivity contribution in [1.82, 2.24) is 0 Å². The van der Waals surface area contributed by atoms with Crippen LogP contribution in [-0.2, 0) is 22.6 Å². The van der Waals surface area contributed by atoms with Crippen molar-refractivity contribution in [2.75, 3.05) is 0 Å². The van der Waals surface area contributed by atoms with E-state index < -0.39 is 17.2 Å². The number of ketones is 1. The van der Waals surface area contributed by atoms with Gasteiger partial charge in [-0.05, 0) is 23.6 Å². The zero-order valence-corrected chi connectivity index (χ0v) is 13.4. The van der Waals surface area contributed by atoms with Gasteiger partial charge in [-0.3, -0.25) is 4.79 Å². The molecule has 1 aliphatic carbocycles. The van der Waals surface area contributed by atoms with Gasteiger partial charge in [0.25, 0.3) is 5.79 Å². The van der Waals surface area contributed by atoms with Gasteiger partial charge in [0.15, 0.2) is 5.78 Å². The van der Waals surface area contributed by atoms with Crippen LogP contribution < -0.4 is 4.74 Å². The quantitative estimate of drug-likeness (QED) is 0.747. The minimum absolute atomic E-state index is 0.0984. The van der Waals surface area contributed by atoms with Crippen LogP contribution in [0.2, 0.25) is 0 Å². The molecule has 0 saturated carbocycles. The van der Waals surface area contributed by atoms with Crippen LogP contribution in [0.3, 0.4) is 0 Å². The molecule has 2 aromatic rings. The lowest BCUT2D eigenvalue weighted by Gasteiger charge is -2.40. The number of aromatic hydroxyl groups is 1. The fourth-order valence-corrected chi connectivity index (χ4v) is 3.65. The predicted molar refractivity (Wildman–Crippen MR) is 85.8 cm³/mol. The van der Waals surface area contributed by atoms with Crippen LogP contribution in [0.4, 0.5) is 0 Å². The maximum Gasteiger partial charge on any atom is 0.276 e. The molecular formula is C19H18O5. The van der Waals surface area contributed by atoms with E-state index in [1.165, 1.54) is 6.07 Å². The maximum atomic E-state index is 12.7. The molecule has 0 unspecified atom stereocenters. The van der Waals surface area contributed by atoms with Crippen molar-refractivity contribution in [3.63, 3.8) is 0 Å². The summed E-state index contributed by atoms with van der Waals surface area (Å²) in [7, 11) is 0. The summed E-state index contributed by atoms with van der Waals surface area (Å²) < 4.78 is 5.72.